The summed E-state index contributed by atoms with van der Waals surface area (Å²) in [6.07, 6.45) is 3.47. The lowest BCUT2D eigenvalue weighted by atomic mass is 10.2. The second-order valence-corrected chi connectivity index (χ2v) is 5.10. The zero-order chi connectivity index (χ0) is 17.2. The first-order valence-corrected chi connectivity index (χ1v) is 7.96. The van der Waals surface area contributed by atoms with Crippen molar-refractivity contribution in [2.24, 2.45) is 0 Å². The van der Waals surface area contributed by atoms with Crippen LogP contribution < -0.4 is 20.1 Å². The minimum absolute atomic E-state index is 0. The summed E-state index contributed by atoms with van der Waals surface area (Å²) in [6.45, 7) is 4.06. The number of halogens is 2. The SMILES string of the molecule is CCOc1cc(C(=O)NCCNC)ccc1OCc1cccnc1.Cl.Cl. The zero-order valence-corrected chi connectivity index (χ0v) is 16.5. The Balaban J connectivity index is 0.00000312. The average Bonchev–Trinajstić information content (AvgIpc) is 2.62. The van der Waals surface area contributed by atoms with Crippen LogP contribution in [0.15, 0.2) is 42.7 Å². The van der Waals surface area contributed by atoms with Crippen molar-refractivity contribution in [3.05, 3.63) is 53.9 Å². The van der Waals surface area contributed by atoms with Crippen molar-refractivity contribution in [1.29, 1.82) is 0 Å². The minimum Gasteiger partial charge on any atom is -0.490 e. The van der Waals surface area contributed by atoms with Crippen molar-refractivity contribution in [1.82, 2.24) is 15.6 Å². The minimum atomic E-state index is -0.134. The van der Waals surface area contributed by atoms with Gasteiger partial charge >= 0.3 is 0 Å². The molecule has 0 fully saturated rings. The maximum Gasteiger partial charge on any atom is 0.251 e. The molecule has 0 saturated carbocycles. The predicted molar refractivity (Wildman–Crippen MR) is 107 cm³/mol. The van der Waals surface area contributed by atoms with Gasteiger partial charge in [-0.2, -0.15) is 0 Å². The Labute approximate surface area is 166 Å². The van der Waals surface area contributed by atoms with Gasteiger partial charge in [-0.15, -0.1) is 24.8 Å². The summed E-state index contributed by atoms with van der Waals surface area (Å²) in [7, 11) is 1.84. The number of carbonyl (C=O) groups is 1. The number of likely N-dealkylation sites (N-methyl/N-ethyl adjacent to an activating group) is 1. The Morgan fingerprint density at radius 2 is 1.92 bits per heavy atom. The number of aromatic nitrogens is 1. The van der Waals surface area contributed by atoms with Gasteiger partial charge in [-0.25, -0.2) is 0 Å². The molecule has 8 heteroatoms. The number of ether oxygens (including phenoxy) is 2. The molecule has 2 rings (SSSR count). The van der Waals surface area contributed by atoms with Crippen molar-refractivity contribution in [2.75, 3.05) is 26.7 Å². The van der Waals surface area contributed by atoms with Crippen LogP contribution in [0.3, 0.4) is 0 Å². The molecule has 144 valence electrons. The molecule has 2 aromatic rings. The fourth-order valence-electron chi connectivity index (χ4n) is 2.08. The molecule has 0 unspecified atom stereocenters. The predicted octanol–water partition coefficient (Wildman–Crippen LogP) is 2.85. The smallest absolute Gasteiger partial charge is 0.251 e. The molecule has 26 heavy (non-hydrogen) atoms. The number of pyridine rings is 1. The summed E-state index contributed by atoms with van der Waals surface area (Å²) < 4.78 is 11.4. The summed E-state index contributed by atoms with van der Waals surface area (Å²) in [6, 6.07) is 9.00. The quantitative estimate of drug-likeness (QED) is 0.632. The molecule has 0 aliphatic heterocycles. The number of hydrogen-bond acceptors (Lipinski definition) is 5. The highest BCUT2D eigenvalue weighted by Crippen LogP contribution is 2.29. The van der Waals surface area contributed by atoms with E-state index in [2.05, 4.69) is 15.6 Å². The molecule has 0 spiro atoms. The average molecular weight is 402 g/mol. The number of hydrogen-bond donors (Lipinski definition) is 2. The van der Waals surface area contributed by atoms with Gasteiger partial charge in [-0.05, 0) is 38.2 Å². The normalized spacial score (nSPS) is 9.46. The fourth-order valence-corrected chi connectivity index (χ4v) is 2.08. The first-order valence-electron chi connectivity index (χ1n) is 7.96. The van der Waals surface area contributed by atoms with Crippen molar-refractivity contribution in [3.63, 3.8) is 0 Å². The Kier molecular flexibility index (Phi) is 12.2. The maximum atomic E-state index is 12.1. The first-order chi connectivity index (χ1) is 11.7. The highest BCUT2D eigenvalue weighted by molar-refractivity contribution is 5.94. The van der Waals surface area contributed by atoms with Crippen LogP contribution in [-0.4, -0.2) is 37.6 Å². The highest BCUT2D eigenvalue weighted by atomic mass is 35.5. The van der Waals surface area contributed by atoms with E-state index >= 15 is 0 Å². The van der Waals surface area contributed by atoms with Gasteiger partial charge in [-0.1, -0.05) is 6.07 Å². The van der Waals surface area contributed by atoms with Gasteiger partial charge in [0, 0.05) is 36.6 Å². The molecule has 1 amide bonds. The molecule has 1 aromatic carbocycles. The number of rotatable bonds is 9. The molecule has 0 saturated heterocycles. The van der Waals surface area contributed by atoms with Crippen LogP contribution in [0.4, 0.5) is 0 Å². The largest absolute Gasteiger partial charge is 0.490 e. The molecule has 0 radical (unpaired) electrons. The summed E-state index contributed by atoms with van der Waals surface area (Å²) in [5.74, 6) is 1.03. The van der Waals surface area contributed by atoms with E-state index in [0.29, 0.717) is 36.8 Å². The van der Waals surface area contributed by atoms with Gasteiger partial charge in [0.2, 0.25) is 0 Å². The standard InChI is InChI=1S/C18H23N3O3.2ClH/c1-3-23-17-11-15(18(22)21-10-9-19-2)6-7-16(17)24-13-14-5-4-8-20-12-14;;/h4-8,11-12,19H,3,9-10,13H2,1-2H3,(H,21,22);2*1H. The van der Waals surface area contributed by atoms with E-state index in [4.69, 9.17) is 9.47 Å². The van der Waals surface area contributed by atoms with E-state index in [1.54, 1.807) is 30.6 Å². The molecule has 1 aromatic heterocycles. The van der Waals surface area contributed by atoms with Crippen molar-refractivity contribution in [2.45, 2.75) is 13.5 Å². The Morgan fingerprint density at radius 1 is 1.12 bits per heavy atom. The lowest BCUT2D eigenvalue weighted by Gasteiger charge is -2.13. The molecular formula is C18H25Cl2N3O3. The van der Waals surface area contributed by atoms with Gasteiger partial charge in [-0.3, -0.25) is 9.78 Å². The van der Waals surface area contributed by atoms with Crippen LogP contribution in [0.5, 0.6) is 11.5 Å². The van der Waals surface area contributed by atoms with E-state index in [0.717, 1.165) is 12.1 Å². The van der Waals surface area contributed by atoms with E-state index in [1.807, 2.05) is 26.1 Å². The molecule has 2 N–H and O–H groups in total. The van der Waals surface area contributed by atoms with Crippen molar-refractivity contribution < 1.29 is 14.3 Å². The molecule has 0 bridgehead atoms. The monoisotopic (exact) mass is 401 g/mol. The topological polar surface area (TPSA) is 72.5 Å². The van der Waals surface area contributed by atoms with Gasteiger partial charge < -0.3 is 20.1 Å². The van der Waals surface area contributed by atoms with E-state index in [1.165, 1.54) is 0 Å². The van der Waals surface area contributed by atoms with Crippen LogP contribution in [-0.2, 0) is 6.61 Å². The van der Waals surface area contributed by atoms with Gasteiger partial charge in [0.25, 0.3) is 5.91 Å². The molecule has 0 atom stereocenters. The van der Waals surface area contributed by atoms with Crippen molar-refractivity contribution >= 4 is 30.7 Å². The molecule has 0 aliphatic rings. The van der Waals surface area contributed by atoms with Gasteiger partial charge in [0.15, 0.2) is 11.5 Å². The Morgan fingerprint density at radius 3 is 2.58 bits per heavy atom. The van der Waals surface area contributed by atoms with Crippen LogP contribution in [0.25, 0.3) is 0 Å². The van der Waals surface area contributed by atoms with Gasteiger partial charge in [0.05, 0.1) is 6.61 Å². The van der Waals surface area contributed by atoms with Crippen molar-refractivity contribution in [3.8, 4) is 11.5 Å². The lowest BCUT2D eigenvalue weighted by Crippen LogP contribution is -2.30. The molecule has 0 aliphatic carbocycles. The number of nitrogens with one attached hydrogen (secondary N) is 2. The Bertz CT molecular complexity index is 657. The van der Waals surface area contributed by atoms with E-state index < -0.39 is 0 Å². The summed E-state index contributed by atoms with van der Waals surface area (Å²) >= 11 is 0. The summed E-state index contributed by atoms with van der Waals surface area (Å²) in [4.78, 5) is 16.2. The number of nitrogens with zero attached hydrogens (tertiary/aromatic N) is 1. The third-order valence-corrected chi connectivity index (χ3v) is 3.28. The number of carbonyl (C=O) groups excluding carboxylic acids is 1. The third-order valence-electron chi connectivity index (χ3n) is 3.28. The van der Waals surface area contributed by atoms with E-state index in [9.17, 15) is 4.79 Å². The highest BCUT2D eigenvalue weighted by Gasteiger charge is 2.11. The fraction of sp³-hybridized carbons (Fsp3) is 0.333. The van der Waals surface area contributed by atoms with Crippen LogP contribution >= 0.6 is 24.8 Å². The summed E-state index contributed by atoms with van der Waals surface area (Å²) in [5.41, 5.74) is 1.51. The second-order valence-electron chi connectivity index (χ2n) is 5.10. The lowest BCUT2D eigenvalue weighted by molar-refractivity contribution is 0.0953. The first kappa shape index (κ1) is 24.0. The third kappa shape index (κ3) is 7.47. The summed E-state index contributed by atoms with van der Waals surface area (Å²) in [5, 5.41) is 5.82. The Hall–Kier alpha value is -2.02. The van der Waals surface area contributed by atoms with Crippen LogP contribution in [0.1, 0.15) is 22.8 Å². The molecule has 1 heterocycles. The van der Waals surface area contributed by atoms with Crippen LogP contribution in [0, 0.1) is 0 Å². The second kappa shape index (κ2) is 13.2. The number of benzene rings is 1. The number of amides is 1. The van der Waals surface area contributed by atoms with E-state index in [-0.39, 0.29) is 30.7 Å². The zero-order valence-electron chi connectivity index (χ0n) is 14.9. The molecular weight excluding hydrogens is 377 g/mol. The van der Waals surface area contributed by atoms with Crippen LogP contribution in [0.2, 0.25) is 0 Å². The maximum absolute atomic E-state index is 12.1. The molecule has 6 nitrogen and oxygen atoms in total. The van der Waals surface area contributed by atoms with Gasteiger partial charge in [0.1, 0.15) is 6.61 Å².